The molecule has 0 radical (unpaired) electrons. The topological polar surface area (TPSA) is 110 Å². The van der Waals surface area contributed by atoms with Gasteiger partial charge in [0.1, 0.15) is 5.75 Å². The summed E-state index contributed by atoms with van der Waals surface area (Å²) < 4.78 is 2.02. The van der Waals surface area contributed by atoms with Crippen molar-refractivity contribution < 1.29 is 14.8 Å². The van der Waals surface area contributed by atoms with Crippen molar-refractivity contribution in [1.29, 1.82) is 0 Å². The summed E-state index contributed by atoms with van der Waals surface area (Å²) in [4.78, 5) is 23.4. The minimum atomic E-state index is -0.462. The Morgan fingerprint density at radius 3 is 2.13 bits per heavy atom. The molecular formula is C30H22N4O4. The molecule has 0 aliphatic carbocycles. The smallest absolute Gasteiger partial charge is 0.271 e. The molecule has 0 saturated heterocycles. The molecule has 2 N–H and O–H groups in total. The maximum Gasteiger partial charge on any atom is 0.271 e. The summed E-state index contributed by atoms with van der Waals surface area (Å²) in [6.07, 6.45) is 1.57. The van der Waals surface area contributed by atoms with Crippen LogP contribution in [-0.2, 0) is 0 Å². The number of nitro benzene ring substituents is 1. The van der Waals surface area contributed by atoms with Gasteiger partial charge < -0.3 is 9.67 Å². The van der Waals surface area contributed by atoms with Gasteiger partial charge in [-0.1, -0.05) is 66.7 Å². The van der Waals surface area contributed by atoms with E-state index in [2.05, 4.69) is 10.5 Å². The lowest BCUT2D eigenvalue weighted by Crippen LogP contribution is -2.17. The normalized spacial score (nSPS) is 10.9. The van der Waals surface area contributed by atoms with Crippen LogP contribution in [0.3, 0.4) is 0 Å². The molecule has 0 aliphatic rings. The second kappa shape index (κ2) is 10.6. The summed E-state index contributed by atoms with van der Waals surface area (Å²) in [6.45, 7) is 0. The van der Waals surface area contributed by atoms with E-state index in [0.29, 0.717) is 0 Å². The van der Waals surface area contributed by atoms with Gasteiger partial charge in [0.05, 0.1) is 22.5 Å². The van der Waals surface area contributed by atoms with Crippen molar-refractivity contribution in [2.24, 2.45) is 5.10 Å². The van der Waals surface area contributed by atoms with E-state index >= 15 is 0 Å². The lowest BCUT2D eigenvalue weighted by molar-refractivity contribution is -0.384. The zero-order valence-corrected chi connectivity index (χ0v) is 20.1. The van der Waals surface area contributed by atoms with Gasteiger partial charge in [0.2, 0.25) is 0 Å². The molecule has 186 valence electrons. The van der Waals surface area contributed by atoms with E-state index in [1.165, 1.54) is 24.3 Å². The number of aromatic hydroxyl groups is 1. The summed E-state index contributed by atoms with van der Waals surface area (Å²) in [5, 5.41) is 25.1. The molecule has 4 aromatic carbocycles. The summed E-state index contributed by atoms with van der Waals surface area (Å²) in [6, 6.07) is 33.8. The fourth-order valence-electron chi connectivity index (χ4n) is 4.21. The number of carbonyl (C=O) groups is 1. The molecule has 0 atom stereocenters. The summed E-state index contributed by atoms with van der Waals surface area (Å²) in [7, 11) is 0. The van der Waals surface area contributed by atoms with Crippen LogP contribution in [0, 0.1) is 10.1 Å². The quantitative estimate of drug-likeness (QED) is 0.157. The van der Waals surface area contributed by atoms with E-state index in [0.717, 1.165) is 33.8 Å². The molecule has 38 heavy (non-hydrogen) atoms. The van der Waals surface area contributed by atoms with Crippen LogP contribution in [0.4, 0.5) is 5.69 Å². The van der Waals surface area contributed by atoms with Crippen molar-refractivity contribution >= 4 is 17.8 Å². The number of amides is 1. The third-order valence-electron chi connectivity index (χ3n) is 5.94. The molecule has 8 heteroatoms. The zero-order chi connectivity index (χ0) is 26.5. The highest BCUT2D eigenvalue weighted by molar-refractivity contribution is 5.97. The monoisotopic (exact) mass is 502 g/mol. The zero-order valence-electron chi connectivity index (χ0n) is 20.1. The highest BCUT2D eigenvalue weighted by Crippen LogP contribution is 2.35. The summed E-state index contributed by atoms with van der Waals surface area (Å²) in [5.41, 5.74) is 7.73. The molecule has 0 spiro atoms. The average Bonchev–Trinajstić information content (AvgIpc) is 3.33. The maximum atomic E-state index is 12.5. The minimum Gasteiger partial charge on any atom is -0.508 e. The largest absolute Gasteiger partial charge is 0.508 e. The summed E-state index contributed by atoms with van der Waals surface area (Å²) >= 11 is 0. The molecule has 5 rings (SSSR count). The third kappa shape index (κ3) is 5.05. The first kappa shape index (κ1) is 24.2. The summed E-state index contributed by atoms with van der Waals surface area (Å²) in [5.74, 6) is -0.475. The Balaban J connectivity index is 1.64. The minimum absolute atomic E-state index is 0.000115. The van der Waals surface area contributed by atoms with Gasteiger partial charge in [-0.2, -0.15) is 5.10 Å². The van der Waals surface area contributed by atoms with Gasteiger partial charge in [-0.3, -0.25) is 14.9 Å². The van der Waals surface area contributed by atoms with Crippen LogP contribution < -0.4 is 5.43 Å². The Hall–Kier alpha value is -5.50. The van der Waals surface area contributed by atoms with Gasteiger partial charge in [0.25, 0.3) is 11.6 Å². The van der Waals surface area contributed by atoms with Crippen molar-refractivity contribution in [3.63, 3.8) is 0 Å². The molecule has 0 fully saturated rings. The number of phenolic OH excluding ortho intramolecular Hbond substituents is 1. The van der Waals surface area contributed by atoms with Crippen molar-refractivity contribution in [2.75, 3.05) is 0 Å². The molecule has 0 aliphatic heterocycles. The van der Waals surface area contributed by atoms with Crippen molar-refractivity contribution in [3.8, 4) is 34.0 Å². The standard InChI is InChI=1S/C30H22N4O4/c35-27-13-7-12-23(18-27)30(36)32-31-20-24-19-28(21-8-3-1-4-9-21)33(29(24)22-10-5-2-6-11-22)25-14-16-26(17-15-25)34(37)38/h1-20,35H,(H,32,36)/b31-20+. The van der Waals surface area contributed by atoms with Crippen molar-refractivity contribution in [3.05, 3.63) is 137 Å². The van der Waals surface area contributed by atoms with Crippen molar-refractivity contribution in [1.82, 2.24) is 9.99 Å². The number of non-ortho nitro benzene ring substituents is 1. The molecular weight excluding hydrogens is 480 g/mol. The van der Waals surface area contributed by atoms with Gasteiger partial charge in [-0.25, -0.2) is 5.43 Å². The highest BCUT2D eigenvalue weighted by Gasteiger charge is 2.19. The van der Waals surface area contributed by atoms with Crippen LogP contribution in [0.15, 0.2) is 120 Å². The molecule has 1 aromatic heterocycles. The predicted octanol–water partition coefficient (Wildman–Crippen LogP) is 6.19. The maximum absolute atomic E-state index is 12.5. The number of carbonyl (C=O) groups excluding carboxylic acids is 1. The molecule has 0 bridgehead atoms. The highest BCUT2D eigenvalue weighted by atomic mass is 16.6. The molecule has 0 saturated carbocycles. The molecule has 8 nitrogen and oxygen atoms in total. The van der Waals surface area contributed by atoms with E-state index in [9.17, 15) is 20.0 Å². The number of hydrazone groups is 1. The average molecular weight is 503 g/mol. The third-order valence-corrected chi connectivity index (χ3v) is 5.94. The van der Waals surface area contributed by atoms with Crippen LogP contribution in [0.1, 0.15) is 15.9 Å². The van der Waals surface area contributed by atoms with Crippen LogP contribution in [0.5, 0.6) is 5.75 Å². The number of phenols is 1. The lowest BCUT2D eigenvalue weighted by atomic mass is 10.1. The second-order valence-electron chi connectivity index (χ2n) is 8.42. The van der Waals surface area contributed by atoms with E-state index in [4.69, 9.17) is 0 Å². The number of benzene rings is 4. The number of aromatic nitrogens is 1. The number of hydrogen-bond acceptors (Lipinski definition) is 5. The molecule has 5 aromatic rings. The number of rotatable bonds is 7. The Labute approximate surface area is 218 Å². The SMILES string of the molecule is O=C(N/N=C/c1cc(-c2ccccc2)n(-c2ccc([N+](=O)[O-])cc2)c1-c1ccccc1)c1cccc(O)c1. The van der Waals surface area contributed by atoms with Crippen molar-refractivity contribution in [2.45, 2.75) is 0 Å². The molecule has 0 unspecified atom stereocenters. The Bertz CT molecular complexity index is 1630. The van der Waals surface area contributed by atoms with Crippen LogP contribution in [0.2, 0.25) is 0 Å². The van der Waals surface area contributed by atoms with Gasteiger partial charge in [-0.15, -0.1) is 0 Å². The fraction of sp³-hybridized carbons (Fsp3) is 0. The first-order chi connectivity index (χ1) is 18.5. The first-order valence-corrected chi connectivity index (χ1v) is 11.7. The lowest BCUT2D eigenvalue weighted by Gasteiger charge is -2.15. The van der Waals surface area contributed by atoms with E-state index in [1.807, 2.05) is 71.3 Å². The predicted molar refractivity (Wildman–Crippen MR) is 146 cm³/mol. The Morgan fingerprint density at radius 1 is 0.842 bits per heavy atom. The van der Waals surface area contributed by atoms with E-state index < -0.39 is 10.8 Å². The Morgan fingerprint density at radius 2 is 1.50 bits per heavy atom. The first-order valence-electron chi connectivity index (χ1n) is 11.7. The van der Waals surface area contributed by atoms with Gasteiger partial charge in [-0.05, 0) is 47.5 Å². The van der Waals surface area contributed by atoms with E-state index in [1.54, 1.807) is 30.5 Å². The Kier molecular flexibility index (Phi) is 6.77. The second-order valence-corrected chi connectivity index (χ2v) is 8.42. The molecule has 1 amide bonds. The van der Waals surface area contributed by atoms with Gasteiger partial charge in [0.15, 0.2) is 0 Å². The number of nitro groups is 1. The van der Waals surface area contributed by atoms with Gasteiger partial charge >= 0.3 is 0 Å². The number of hydrogen-bond donors (Lipinski definition) is 2. The number of nitrogens with one attached hydrogen (secondary N) is 1. The van der Waals surface area contributed by atoms with Crippen LogP contribution in [0.25, 0.3) is 28.2 Å². The van der Waals surface area contributed by atoms with Crippen LogP contribution >= 0.6 is 0 Å². The van der Waals surface area contributed by atoms with Crippen LogP contribution in [-0.4, -0.2) is 26.7 Å². The van der Waals surface area contributed by atoms with Gasteiger partial charge in [0, 0.05) is 28.9 Å². The fourth-order valence-corrected chi connectivity index (χ4v) is 4.21. The van der Waals surface area contributed by atoms with E-state index in [-0.39, 0.29) is 17.0 Å². The molecule has 1 heterocycles. The number of nitrogens with zero attached hydrogens (tertiary/aromatic N) is 3.